The Morgan fingerprint density at radius 2 is 0.400 bits per heavy atom. The normalized spacial score (nSPS) is 11.8. The quantitative estimate of drug-likeness (QED) is 0.0444. The van der Waals surface area contributed by atoms with Crippen LogP contribution in [0.1, 0.15) is 115 Å². The predicted molar refractivity (Wildman–Crippen MR) is 367 cm³/mol. The fraction of sp³-hybridized carbons (Fsp3) is 0.829. The lowest BCUT2D eigenvalue weighted by atomic mass is 10.0. The van der Waals surface area contributed by atoms with Gasteiger partial charge in [-0.3, -0.25) is 9.05 Å². The SMILES string of the molecule is CCCCCCCCCc1ccc(OCCOCCOCCOCCOCCOCCOCCOCCOCCOCCOP(=O)(Cl)OCCOCCOCCOCCOCCOCCOCCOCCOCCOCCOc2ccc(CCCCCCCCC)cc2)cc1. The van der Waals surface area contributed by atoms with Crippen LogP contribution in [0.15, 0.2) is 48.5 Å². The van der Waals surface area contributed by atoms with E-state index in [1.165, 1.54) is 101 Å². The van der Waals surface area contributed by atoms with E-state index in [0.29, 0.717) is 238 Å². The second-order valence-corrected chi connectivity index (χ2v) is 24.5. The van der Waals surface area contributed by atoms with Gasteiger partial charge in [0.05, 0.1) is 251 Å². The molecular formula is C70H126ClO23P. The van der Waals surface area contributed by atoms with Gasteiger partial charge < -0.3 is 94.7 Å². The molecular weight excluding hydrogens is 1280 g/mol. The zero-order valence-corrected chi connectivity index (χ0v) is 60.1. The summed E-state index contributed by atoms with van der Waals surface area (Å²) in [5.74, 6) is 1.75. The van der Waals surface area contributed by atoms with Crippen molar-refractivity contribution in [2.45, 2.75) is 117 Å². The van der Waals surface area contributed by atoms with Gasteiger partial charge in [-0.2, -0.15) is 0 Å². The van der Waals surface area contributed by atoms with Gasteiger partial charge in [0.25, 0.3) is 0 Å². The summed E-state index contributed by atoms with van der Waals surface area (Å²) in [5.41, 5.74) is 2.74. The summed E-state index contributed by atoms with van der Waals surface area (Å²) in [6.07, 6.45) is 20.9. The number of rotatable bonds is 80. The van der Waals surface area contributed by atoms with Crippen LogP contribution in [0.5, 0.6) is 11.5 Å². The van der Waals surface area contributed by atoms with Crippen molar-refractivity contribution in [3.63, 3.8) is 0 Å². The minimum atomic E-state index is -3.76. The van der Waals surface area contributed by atoms with Crippen LogP contribution in [0.3, 0.4) is 0 Å². The summed E-state index contributed by atoms with van der Waals surface area (Å²) in [6.45, 7) is 17.7. The van der Waals surface area contributed by atoms with Gasteiger partial charge in [-0.1, -0.05) is 115 Å². The van der Waals surface area contributed by atoms with E-state index in [0.717, 1.165) is 24.3 Å². The van der Waals surface area contributed by atoms with Crippen molar-refractivity contribution in [2.24, 2.45) is 0 Å². The summed E-state index contributed by atoms with van der Waals surface area (Å²) in [6, 6.07) is 16.9. The number of hydrogen-bond donors (Lipinski definition) is 0. The van der Waals surface area contributed by atoms with E-state index in [2.05, 4.69) is 38.1 Å². The number of benzene rings is 2. The van der Waals surface area contributed by atoms with Crippen LogP contribution in [-0.2, 0) is 112 Å². The molecule has 0 spiro atoms. The summed E-state index contributed by atoms with van der Waals surface area (Å²) in [5, 5.41) is 0. The zero-order valence-electron chi connectivity index (χ0n) is 58.4. The van der Waals surface area contributed by atoms with Crippen molar-refractivity contribution in [3.05, 3.63) is 59.7 Å². The predicted octanol–water partition coefficient (Wildman–Crippen LogP) is 11.4. The second kappa shape index (κ2) is 73.0. The first kappa shape index (κ1) is 88.8. The molecule has 0 bridgehead atoms. The molecule has 0 aliphatic carbocycles. The molecule has 0 saturated carbocycles. The molecule has 2 aromatic rings. The lowest BCUT2D eigenvalue weighted by Gasteiger charge is -2.12. The highest BCUT2D eigenvalue weighted by molar-refractivity contribution is 7.81. The van der Waals surface area contributed by atoms with Crippen molar-refractivity contribution in [3.8, 4) is 11.5 Å². The van der Waals surface area contributed by atoms with Gasteiger partial charge in [0, 0.05) is 11.2 Å². The van der Waals surface area contributed by atoms with Crippen LogP contribution in [0.2, 0.25) is 0 Å². The number of hydrogen-bond acceptors (Lipinski definition) is 23. The van der Waals surface area contributed by atoms with Gasteiger partial charge in [-0.05, 0) is 61.1 Å². The third-order valence-corrected chi connectivity index (χ3v) is 15.4. The van der Waals surface area contributed by atoms with Crippen LogP contribution in [0.4, 0.5) is 0 Å². The first-order valence-corrected chi connectivity index (χ1v) is 37.9. The number of ether oxygens (including phenoxy) is 20. The highest BCUT2D eigenvalue weighted by atomic mass is 35.7. The Balaban J connectivity index is 1.15. The molecule has 23 nitrogen and oxygen atoms in total. The van der Waals surface area contributed by atoms with E-state index in [1.807, 2.05) is 24.3 Å². The number of aryl methyl sites for hydroxylation is 2. The van der Waals surface area contributed by atoms with Gasteiger partial charge in [0.15, 0.2) is 0 Å². The smallest absolute Gasteiger partial charge is 0.424 e. The van der Waals surface area contributed by atoms with Crippen LogP contribution in [-0.4, -0.2) is 264 Å². The number of unbranched alkanes of at least 4 members (excludes halogenated alkanes) is 12. The maximum absolute atomic E-state index is 12.3. The van der Waals surface area contributed by atoms with Crippen molar-refractivity contribution in [1.29, 1.82) is 0 Å². The Kier molecular flexibility index (Phi) is 68.3. The van der Waals surface area contributed by atoms with Gasteiger partial charge in [-0.25, -0.2) is 4.57 Å². The van der Waals surface area contributed by atoms with Crippen molar-refractivity contribution >= 4 is 18.2 Å². The fourth-order valence-corrected chi connectivity index (χ4v) is 9.76. The topological polar surface area (TPSA) is 220 Å². The molecule has 0 N–H and O–H groups in total. The molecule has 25 heteroatoms. The molecule has 0 atom stereocenters. The summed E-state index contributed by atoms with van der Waals surface area (Å²) in [7, 11) is 0. The fourth-order valence-electron chi connectivity index (χ4n) is 8.68. The van der Waals surface area contributed by atoms with Gasteiger partial charge in [-0.15, -0.1) is 0 Å². The lowest BCUT2D eigenvalue weighted by Crippen LogP contribution is -2.15. The molecule has 2 aromatic carbocycles. The zero-order chi connectivity index (χ0) is 67.6. The van der Waals surface area contributed by atoms with E-state index in [9.17, 15) is 4.57 Å². The second-order valence-electron chi connectivity index (χ2n) is 21.8. The first-order chi connectivity index (χ1) is 47.0. The largest absolute Gasteiger partial charge is 0.491 e. The Morgan fingerprint density at radius 1 is 0.232 bits per heavy atom. The first-order valence-electron chi connectivity index (χ1n) is 35.4. The molecule has 0 aromatic heterocycles. The third-order valence-electron chi connectivity index (χ3n) is 13.9. The van der Waals surface area contributed by atoms with Crippen LogP contribution >= 0.6 is 18.2 Å². The average molecular weight is 1400 g/mol. The maximum Gasteiger partial charge on any atom is 0.424 e. The molecule has 0 fully saturated rings. The van der Waals surface area contributed by atoms with Crippen LogP contribution < -0.4 is 9.47 Å². The van der Waals surface area contributed by atoms with E-state index >= 15 is 0 Å². The van der Waals surface area contributed by atoms with E-state index < -0.39 is 6.95 Å². The third kappa shape index (κ3) is 66.1. The van der Waals surface area contributed by atoms with Gasteiger partial charge in [0.1, 0.15) is 24.7 Å². The van der Waals surface area contributed by atoms with Gasteiger partial charge in [0.2, 0.25) is 0 Å². The monoisotopic (exact) mass is 1400 g/mol. The summed E-state index contributed by atoms with van der Waals surface area (Å²) in [4.78, 5) is 0. The molecule has 0 aliphatic heterocycles. The van der Waals surface area contributed by atoms with Crippen molar-refractivity contribution in [2.75, 3.05) is 264 Å². The molecule has 0 saturated heterocycles. The summed E-state index contributed by atoms with van der Waals surface area (Å²) < 4.78 is 134. The highest BCUT2D eigenvalue weighted by Crippen LogP contribution is 2.53. The molecule has 0 heterocycles. The Hall–Kier alpha value is -2.24. The summed E-state index contributed by atoms with van der Waals surface area (Å²) >= 11 is 5.88. The molecule has 95 heavy (non-hydrogen) atoms. The molecule has 0 radical (unpaired) electrons. The Bertz CT molecular complexity index is 1740. The molecule has 556 valence electrons. The molecule has 0 unspecified atom stereocenters. The van der Waals surface area contributed by atoms with Crippen LogP contribution in [0, 0.1) is 0 Å². The molecule has 0 amide bonds. The minimum Gasteiger partial charge on any atom is -0.491 e. The molecule has 0 aliphatic rings. The maximum atomic E-state index is 12.3. The molecule has 2 rings (SSSR count). The van der Waals surface area contributed by atoms with E-state index in [4.69, 9.17) is 115 Å². The van der Waals surface area contributed by atoms with Gasteiger partial charge >= 0.3 is 6.95 Å². The number of halogens is 1. The van der Waals surface area contributed by atoms with Crippen LogP contribution in [0.25, 0.3) is 0 Å². The van der Waals surface area contributed by atoms with Crippen molar-refractivity contribution in [1.82, 2.24) is 0 Å². The van der Waals surface area contributed by atoms with E-state index in [1.54, 1.807) is 0 Å². The van der Waals surface area contributed by atoms with E-state index in [-0.39, 0.29) is 26.4 Å². The standard InChI is InChI=1S/C70H126ClO23P/c1-3-5-7-9-11-13-15-17-67-19-23-69(24-20-67)91-63-59-87-55-51-83-47-43-79-39-35-75-31-27-73-29-33-77-37-41-81-45-49-85-53-57-89-61-65-93-95(71,72)94-66-62-90-58-54-86-50-46-82-42-38-78-34-30-74-28-32-76-36-40-80-44-48-84-52-56-88-60-64-92-70-25-21-68(22-26-70)18-16-14-12-10-8-6-4-2/h19-26H,3-18,27-66H2,1-2H3. The highest BCUT2D eigenvalue weighted by Gasteiger charge is 2.20. The Labute approximate surface area is 576 Å². The minimum absolute atomic E-state index is 0.00334. The average Bonchev–Trinajstić information content (AvgIpc) is 2.44. The van der Waals surface area contributed by atoms with Crippen molar-refractivity contribution < 1.29 is 108 Å². The Morgan fingerprint density at radius 3 is 0.600 bits per heavy atom. The lowest BCUT2D eigenvalue weighted by molar-refractivity contribution is -0.0260.